The third kappa shape index (κ3) is 4.66. The molecule has 1 aromatic carbocycles. The average molecular weight is 367 g/mol. The van der Waals surface area contributed by atoms with Crippen LogP contribution in [0.1, 0.15) is 22.4 Å². The Morgan fingerprint density at radius 1 is 1.21 bits per heavy atom. The number of nitrogens with one attached hydrogen (secondary N) is 1. The van der Waals surface area contributed by atoms with Gasteiger partial charge in [0.05, 0.1) is 11.4 Å². The van der Waals surface area contributed by atoms with Crippen molar-refractivity contribution in [2.75, 3.05) is 14.1 Å². The van der Waals surface area contributed by atoms with Gasteiger partial charge in [0.1, 0.15) is 0 Å². The molecule has 1 heterocycles. The lowest BCUT2D eigenvalue weighted by Gasteiger charge is -2.17. The monoisotopic (exact) mass is 366 g/mol. The lowest BCUT2D eigenvalue weighted by molar-refractivity contribution is -0.130. The highest BCUT2D eigenvalue weighted by Crippen LogP contribution is 2.18. The molecule has 0 saturated heterocycles. The molecule has 0 spiro atoms. The standard InChI is InChI=1S/C17H22N2O3S2/c1-13-10-11-23-16(13)12-19(3)17(20)9-6-14-4-7-15(8-5-14)24(21,22)18-2/h4-5,7-8,10-11,18H,6,9,12H2,1-3H3. The number of carbonyl (C=O) groups excluding carboxylic acids is 1. The van der Waals surface area contributed by atoms with E-state index in [2.05, 4.69) is 10.8 Å². The Kier molecular flexibility index (Phi) is 6.15. The van der Waals surface area contributed by atoms with Crippen LogP contribution in [0.25, 0.3) is 0 Å². The van der Waals surface area contributed by atoms with Gasteiger partial charge in [0, 0.05) is 18.3 Å². The number of benzene rings is 1. The molecule has 0 unspecified atom stereocenters. The first kappa shape index (κ1) is 18.6. The zero-order chi connectivity index (χ0) is 17.7. The third-order valence-corrected chi connectivity index (χ3v) is 6.34. The van der Waals surface area contributed by atoms with E-state index >= 15 is 0 Å². The molecule has 2 rings (SSSR count). The highest BCUT2D eigenvalue weighted by molar-refractivity contribution is 7.89. The lowest BCUT2D eigenvalue weighted by Crippen LogP contribution is -2.26. The van der Waals surface area contributed by atoms with Crippen LogP contribution in [0.2, 0.25) is 0 Å². The van der Waals surface area contributed by atoms with E-state index in [4.69, 9.17) is 0 Å². The van der Waals surface area contributed by atoms with Gasteiger partial charge in [-0.15, -0.1) is 11.3 Å². The predicted molar refractivity (Wildman–Crippen MR) is 96.5 cm³/mol. The number of nitrogens with zero attached hydrogens (tertiary/aromatic N) is 1. The fraction of sp³-hybridized carbons (Fsp3) is 0.353. The van der Waals surface area contributed by atoms with Crippen LogP contribution in [0.3, 0.4) is 0 Å². The van der Waals surface area contributed by atoms with E-state index in [1.54, 1.807) is 40.5 Å². The molecule has 24 heavy (non-hydrogen) atoms. The molecule has 0 fully saturated rings. The van der Waals surface area contributed by atoms with Crippen LogP contribution in [0.5, 0.6) is 0 Å². The van der Waals surface area contributed by atoms with Crippen molar-refractivity contribution in [3.8, 4) is 0 Å². The van der Waals surface area contributed by atoms with Crippen LogP contribution in [0, 0.1) is 6.92 Å². The average Bonchev–Trinajstić information content (AvgIpc) is 2.97. The number of carbonyl (C=O) groups is 1. The zero-order valence-electron chi connectivity index (χ0n) is 14.1. The minimum absolute atomic E-state index is 0.0784. The SMILES string of the molecule is CNS(=O)(=O)c1ccc(CCC(=O)N(C)Cc2sccc2C)cc1. The summed E-state index contributed by atoms with van der Waals surface area (Å²) in [6.07, 6.45) is 0.992. The van der Waals surface area contributed by atoms with Crippen molar-refractivity contribution < 1.29 is 13.2 Å². The summed E-state index contributed by atoms with van der Waals surface area (Å²) < 4.78 is 25.6. The summed E-state index contributed by atoms with van der Waals surface area (Å²) in [5.74, 6) is 0.0784. The molecule has 1 N–H and O–H groups in total. The van der Waals surface area contributed by atoms with Crippen LogP contribution in [-0.4, -0.2) is 33.3 Å². The molecule has 2 aromatic rings. The fourth-order valence-electron chi connectivity index (χ4n) is 2.26. The van der Waals surface area contributed by atoms with Crippen molar-refractivity contribution in [1.29, 1.82) is 0 Å². The van der Waals surface area contributed by atoms with Crippen LogP contribution in [0.4, 0.5) is 0 Å². The topological polar surface area (TPSA) is 66.5 Å². The molecule has 0 aliphatic rings. The molecule has 0 bridgehead atoms. The Bertz CT molecular complexity index is 795. The van der Waals surface area contributed by atoms with E-state index in [1.807, 2.05) is 19.4 Å². The highest BCUT2D eigenvalue weighted by Gasteiger charge is 2.13. The first-order valence-electron chi connectivity index (χ1n) is 7.63. The van der Waals surface area contributed by atoms with Crippen molar-refractivity contribution >= 4 is 27.3 Å². The van der Waals surface area contributed by atoms with E-state index < -0.39 is 10.0 Å². The quantitative estimate of drug-likeness (QED) is 0.819. The molecule has 0 radical (unpaired) electrons. The van der Waals surface area contributed by atoms with Crippen LogP contribution < -0.4 is 4.72 Å². The Morgan fingerprint density at radius 3 is 2.42 bits per heavy atom. The second-order valence-electron chi connectivity index (χ2n) is 5.63. The Balaban J connectivity index is 1.90. The van der Waals surface area contributed by atoms with E-state index in [0.717, 1.165) is 5.56 Å². The van der Waals surface area contributed by atoms with Crippen molar-refractivity contribution in [3.63, 3.8) is 0 Å². The largest absolute Gasteiger partial charge is 0.341 e. The summed E-state index contributed by atoms with van der Waals surface area (Å²) in [6, 6.07) is 8.68. The van der Waals surface area contributed by atoms with Gasteiger partial charge in [-0.25, -0.2) is 13.1 Å². The first-order chi connectivity index (χ1) is 11.3. The van der Waals surface area contributed by atoms with Crippen molar-refractivity contribution in [2.45, 2.75) is 31.2 Å². The van der Waals surface area contributed by atoms with Gasteiger partial charge in [-0.1, -0.05) is 12.1 Å². The molecule has 5 nitrogen and oxygen atoms in total. The molecule has 0 saturated carbocycles. The number of hydrogen-bond donors (Lipinski definition) is 1. The molecule has 0 aliphatic carbocycles. The highest BCUT2D eigenvalue weighted by atomic mass is 32.2. The van der Waals surface area contributed by atoms with Gasteiger partial charge in [0.2, 0.25) is 15.9 Å². The van der Waals surface area contributed by atoms with E-state index in [0.29, 0.717) is 19.4 Å². The zero-order valence-corrected chi connectivity index (χ0v) is 15.7. The van der Waals surface area contributed by atoms with Crippen molar-refractivity contribution in [2.24, 2.45) is 0 Å². The summed E-state index contributed by atoms with van der Waals surface area (Å²) in [7, 11) is -0.225. The molecule has 0 aliphatic heterocycles. The summed E-state index contributed by atoms with van der Waals surface area (Å²) >= 11 is 1.66. The van der Waals surface area contributed by atoms with Crippen LogP contribution in [-0.2, 0) is 27.8 Å². The summed E-state index contributed by atoms with van der Waals surface area (Å²) in [5, 5.41) is 2.03. The Hall–Kier alpha value is -1.70. The van der Waals surface area contributed by atoms with Crippen LogP contribution >= 0.6 is 11.3 Å². The molecular weight excluding hydrogens is 344 g/mol. The number of hydrogen-bond acceptors (Lipinski definition) is 4. The minimum Gasteiger partial charge on any atom is -0.341 e. The van der Waals surface area contributed by atoms with Gasteiger partial charge in [-0.05, 0) is 55.1 Å². The summed E-state index contributed by atoms with van der Waals surface area (Å²) in [5.41, 5.74) is 2.15. The number of thiophene rings is 1. The Morgan fingerprint density at radius 2 is 1.88 bits per heavy atom. The second-order valence-corrected chi connectivity index (χ2v) is 8.52. The molecule has 130 valence electrons. The number of rotatable bonds is 7. The molecule has 7 heteroatoms. The third-order valence-electron chi connectivity index (χ3n) is 3.90. The smallest absolute Gasteiger partial charge is 0.240 e. The van der Waals surface area contributed by atoms with Crippen LogP contribution in [0.15, 0.2) is 40.6 Å². The van der Waals surface area contributed by atoms with Crippen molar-refractivity contribution in [3.05, 3.63) is 51.7 Å². The number of amides is 1. The first-order valence-corrected chi connectivity index (χ1v) is 9.99. The molecule has 1 amide bonds. The van der Waals surface area contributed by atoms with Crippen molar-refractivity contribution in [1.82, 2.24) is 9.62 Å². The lowest BCUT2D eigenvalue weighted by atomic mass is 10.1. The number of aryl methyl sites for hydroxylation is 2. The Labute approximate surface area is 147 Å². The number of sulfonamides is 1. The second kappa shape index (κ2) is 7.92. The van der Waals surface area contributed by atoms with E-state index in [9.17, 15) is 13.2 Å². The van der Waals surface area contributed by atoms with Gasteiger partial charge in [0.25, 0.3) is 0 Å². The molecule has 0 atom stereocenters. The predicted octanol–water partition coefficient (Wildman–Crippen LogP) is 2.56. The normalized spacial score (nSPS) is 11.5. The summed E-state index contributed by atoms with van der Waals surface area (Å²) in [6.45, 7) is 2.67. The summed E-state index contributed by atoms with van der Waals surface area (Å²) in [4.78, 5) is 15.4. The maximum Gasteiger partial charge on any atom is 0.240 e. The van der Waals surface area contributed by atoms with Gasteiger partial charge < -0.3 is 4.90 Å². The van der Waals surface area contributed by atoms with Gasteiger partial charge in [0.15, 0.2) is 0 Å². The van der Waals surface area contributed by atoms with Gasteiger partial charge >= 0.3 is 0 Å². The van der Waals surface area contributed by atoms with Gasteiger partial charge in [-0.2, -0.15) is 0 Å². The van der Waals surface area contributed by atoms with Gasteiger partial charge in [-0.3, -0.25) is 4.79 Å². The maximum absolute atomic E-state index is 12.3. The maximum atomic E-state index is 12.3. The molecule has 1 aromatic heterocycles. The van der Waals surface area contributed by atoms with E-state index in [1.165, 1.54) is 17.5 Å². The minimum atomic E-state index is -3.42. The van der Waals surface area contributed by atoms with E-state index in [-0.39, 0.29) is 10.8 Å². The fourth-order valence-corrected chi connectivity index (χ4v) is 3.95. The molecular formula is C17H22N2O3S2.